The average molecular weight is 241 g/mol. The van der Waals surface area contributed by atoms with E-state index in [1.165, 1.54) is 6.33 Å². The molecule has 0 atom stereocenters. The van der Waals surface area contributed by atoms with Gasteiger partial charge in [-0.15, -0.1) is 11.3 Å². The molecule has 2 rings (SSSR count). The summed E-state index contributed by atoms with van der Waals surface area (Å²) in [5, 5.41) is 2.45. The van der Waals surface area contributed by atoms with Crippen molar-refractivity contribution in [1.82, 2.24) is 9.97 Å². The molecule has 0 aliphatic rings. The predicted octanol–water partition coefficient (Wildman–Crippen LogP) is 3.08. The van der Waals surface area contributed by atoms with Crippen LogP contribution in [0.2, 0.25) is 5.15 Å². The topological polar surface area (TPSA) is 35.0 Å². The molecule has 3 nitrogen and oxygen atoms in total. The summed E-state index contributed by atoms with van der Waals surface area (Å²) in [6.45, 7) is 2.36. The molecule has 0 bridgehead atoms. The molecule has 0 aliphatic carbocycles. The van der Waals surface area contributed by atoms with Gasteiger partial charge in [-0.3, -0.25) is 0 Å². The third-order valence-electron chi connectivity index (χ3n) is 1.91. The van der Waals surface area contributed by atoms with Gasteiger partial charge < -0.3 is 4.74 Å². The molecule has 0 aromatic carbocycles. The monoisotopic (exact) mass is 240 g/mol. The van der Waals surface area contributed by atoms with E-state index >= 15 is 0 Å². The number of nitrogens with zero attached hydrogens (tertiary/aromatic N) is 2. The Morgan fingerprint density at radius 2 is 2.33 bits per heavy atom. The lowest BCUT2D eigenvalue weighted by molar-refractivity contribution is 0.294. The smallest absolute Gasteiger partial charge is 0.221 e. The summed E-state index contributed by atoms with van der Waals surface area (Å²) in [5.41, 5.74) is 0.774. The minimum absolute atomic E-state index is 0.436. The van der Waals surface area contributed by atoms with E-state index in [0.29, 0.717) is 17.6 Å². The van der Waals surface area contributed by atoms with Gasteiger partial charge in [-0.25, -0.2) is 9.97 Å². The standard InChI is InChI=1S/C10H9ClN2OS/c1-7-9(11)12-6-13-10(7)14-5-8-3-2-4-15-8/h2-4,6H,5H2,1H3. The van der Waals surface area contributed by atoms with E-state index in [1.807, 2.05) is 24.4 Å². The third-order valence-corrected chi connectivity index (χ3v) is 3.14. The highest BCUT2D eigenvalue weighted by Gasteiger charge is 2.06. The largest absolute Gasteiger partial charge is 0.472 e. The quantitative estimate of drug-likeness (QED) is 0.774. The van der Waals surface area contributed by atoms with Crippen LogP contribution < -0.4 is 4.74 Å². The molecule has 0 aliphatic heterocycles. The first-order valence-electron chi connectivity index (χ1n) is 4.39. The normalized spacial score (nSPS) is 10.3. The van der Waals surface area contributed by atoms with Gasteiger partial charge in [-0.05, 0) is 18.4 Å². The van der Waals surface area contributed by atoms with E-state index in [9.17, 15) is 0 Å². The van der Waals surface area contributed by atoms with Crippen molar-refractivity contribution >= 4 is 22.9 Å². The second kappa shape index (κ2) is 4.59. The third kappa shape index (κ3) is 2.46. The summed E-state index contributed by atoms with van der Waals surface area (Å²) in [6.07, 6.45) is 1.40. The maximum Gasteiger partial charge on any atom is 0.221 e. The molecule has 2 aromatic heterocycles. The molecule has 15 heavy (non-hydrogen) atoms. The number of hydrogen-bond acceptors (Lipinski definition) is 4. The van der Waals surface area contributed by atoms with Gasteiger partial charge in [0.15, 0.2) is 0 Å². The summed E-state index contributed by atoms with van der Waals surface area (Å²) in [6, 6.07) is 4.01. The van der Waals surface area contributed by atoms with Crippen molar-refractivity contribution in [2.24, 2.45) is 0 Å². The number of rotatable bonds is 3. The van der Waals surface area contributed by atoms with Gasteiger partial charge in [0.25, 0.3) is 0 Å². The molecular formula is C10H9ClN2OS. The van der Waals surface area contributed by atoms with Crippen molar-refractivity contribution < 1.29 is 4.74 Å². The van der Waals surface area contributed by atoms with Crippen LogP contribution in [-0.2, 0) is 6.61 Å². The van der Waals surface area contributed by atoms with E-state index in [-0.39, 0.29) is 0 Å². The first-order valence-corrected chi connectivity index (χ1v) is 5.65. The fraction of sp³-hybridized carbons (Fsp3) is 0.200. The van der Waals surface area contributed by atoms with E-state index in [1.54, 1.807) is 11.3 Å². The molecule has 78 valence electrons. The fourth-order valence-electron chi connectivity index (χ4n) is 1.09. The Labute approximate surface area is 96.7 Å². The van der Waals surface area contributed by atoms with Crippen molar-refractivity contribution in [3.8, 4) is 5.88 Å². The van der Waals surface area contributed by atoms with Crippen LogP contribution in [0.4, 0.5) is 0 Å². The number of halogens is 1. The molecule has 5 heteroatoms. The number of ether oxygens (including phenoxy) is 1. The second-order valence-corrected chi connectivity index (χ2v) is 4.35. The van der Waals surface area contributed by atoms with Gasteiger partial charge in [-0.2, -0.15) is 0 Å². The lowest BCUT2D eigenvalue weighted by Crippen LogP contribution is -1.98. The van der Waals surface area contributed by atoms with Gasteiger partial charge in [0.05, 0.1) is 0 Å². The van der Waals surface area contributed by atoms with Gasteiger partial charge >= 0.3 is 0 Å². The van der Waals surface area contributed by atoms with Crippen molar-refractivity contribution in [2.75, 3.05) is 0 Å². The first kappa shape index (κ1) is 10.4. The van der Waals surface area contributed by atoms with Crippen LogP contribution in [0.15, 0.2) is 23.8 Å². The zero-order valence-electron chi connectivity index (χ0n) is 8.11. The van der Waals surface area contributed by atoms with Gasteiger partial charge in [-0.1, -0.05) is 17.7 Å². The molecule has 0 amide bonds. The fourth-order valence-corrected chi connectivity index (χ4v) is 1.83. The second-order valence-electron chi connectivity index (χ2n) is 2.96. The SMILES string of the molecule is Cc1c(Cl)ncnc1OCc1cccs1. The Balaban J connectivity index is 2.08. The Morgan fingerprint density at radius 1 is 1.47 bits per heavy atom. The van der Waals surface area contributed by atoms with E-state index in [0.717, 1.165) is 10.4 Å². The molecule has 0 saturated carbocycles. The minimum atomic E-state index is 0.436. The highest BCUT2D eigenvalue weighted by atomic mass is 35.5. The lowest BCUT2D eigenvalue weighted by atomic mass is 10.4. The van der Waals surface area contributed by atoms with Crippen LogP contribution in [0.5, 0.6) is 5.88 Å². The molecule has 2 aromatic rings. The predicted molar refractivity (Wildman–Crippen MR) is 60.4 cm³/mol. The molecular weight excluding hydrogens is 232 g/mol. The van der Waals surface area contributed by atoms with Crippen LogP contribution in [-0.4, -0.2) is 9.97 Å². The molecule has 0 radical (unpaired) electrons. The molecule has 0 spiro atoms. The summed E-state index contributed by atoms with van der Waals surface area (Å²) >= 11 is 7.50. The van der Waals surface area contributed by atoms with Crippen molar-refractivity contribution in [2.45, 2.75) is 13.5 Å². The van der Waals surface area contributed by atoms with E-state index < -0.39 is 0 Å². The van der Waals surface area contributed by atoms with Crippen LogP contribution in [0, 0.1) is 6.92 Å². The van der Waals surface area contributed by atoms with Gasteiger partial charge in [0.2, 0.25) is 5.88 Å². The Morgan fingerprint density at radius 3 is 3.07 bits per heavy atom. The number of aromatic nitrogens is 2. The van der Waals surface area contributed by atoms with Crippen molar-refractivity contribution in [3.05, 3.63) is 39.4 Å². The van der Waals surface area contributed by atoms with E-state index in [4.69, 9.17) is 16.3 Å². The summed E-state index contributed by atoms with van der Waals surface area (Å²) in [7, 11) is 0. The zero-order chi connectivity index (χ0) is 10.7. The van der Waals surface area contributed by atoms with Gasteiger partial charge in [0, 0.05) is 10.4 Å². The molecule has 0 saturated heterocycles. The maximum absolute atomic E-state index is 5.85. The van der Waals surface area contributed by atoms with Gasteiger partial charge in [0.1, 0.15) is 18.1 Å². The van der Waals surface area contributed by atoms with Crippen LogP contribution in [0.1, 0.15) is 10.4 Å². The number of thiophene rings is 1. The highest BCUT2D eigenvalue weighted by molar-refractivity contribution is 7.09. The summed E-state index contributed by atoms with van der Waals surface area (Å²) in [5.74, 6) is 0.545. The number of hydrogen-bond donors (Lipinski definition) is 0. The van der Waals surface area contributed by atoms with Crippen LogP contribution in [0.25, 0.3) is 0 Å². The van der Waals surface area contributed by atoms with Crippen molar-refractivity contribution in [3.63, 3.8) is 0 Å². The average Bonchev–Trinajstić information content (AvgIpc) is 2.73. The molecule has 0 N–H and O–H groups in total. The Hall–Kier alpha value is -1.13. The lowest BCUT2D eigenvalue weighted by Gasteiger charge is -2.06. The van der Waals surface area contributed by atoms with Crippen LogP contribution >= 0.6 is 22.9 Å². The first-order chi connectivity index (χ1) is 7.27. The molecule has 2 heterocycles. The minimum Gasteiger partial charge on any atom is -0.472 e. The molecule has 0 unspecified atom stereocenters. The summed E-state index contributed by atoms with van der Waals surface area (Å²) in [4.78, 5) is 9.04. The molecule has 0 fully saturated rings. The van der Waals surface area contributed by atoms with Crippen LogP contribution in [0.3, 0.4) is 0 Å². The van der Waals surface area contributed by atoms with Crippen molar-refractivity contribution in [1.29, 1.82) is 0 Å². The summed E-state index contributed by atoms with van der Waals surface area (Å²) < 4.78 is 5.54. The van der Waals surface area contributed by atoms with E-state index in [2.05, 4.69) is 9.97 Å². The Bertz CT molecular complexity index is 445. The zero-order valence-corrected chi connectivity index (χ0v) is 9.68. The maximum atomic E-state index is 5.85. The Kier molecular flexibility index (Phi) is 3.18. The highest BCUT2D eigenvalue weighted by Crippen LogP contribution is 2.21.